The highest BCUT2D eigenvalue weighted by atomic mass is 16.2. The van der Waals surface area contributed by atoms with Gasteiger partial charge in [0.2, 0.25) is 0 Å². The van der Waals surface area contributed by atoms with Crippen LogP contribution in [-0.4, -0.2) is 38.8 Å². The van der Waals surface area contributed by atoms with Gasteiger partial charge < -0.3 is 10.2 Å². The van der Waals surface area contributed by atoms with Crippen LogP contribution in [0.1, 0.15) is 55.2 Å². The molecule has 0 aromatic carbocycles. The zero-order valence-electron chi connectivity index (χ0n) is 15.3. The number of nitrogens with one attached hydrogen (secondary N) is 1. The summed E-state index contributed by atoms with van der Waals surface area (Å²) in [4.78, 5) is 18.6. The summed E-state index contributed by atoms with van der Waals surface area (Å²) < 4.78 is 2.04. The first-order valence-electron chi connectivity index (χ1n) is 9.06. The Morgan fingerprint density at radius 1 is 1.40 bits per heavy atom. The van der Waals surface area contributed by atoms with Gasteiger partial charge in [-0.05, 0) is 38.0 Å². The number of hydrogen-bond acceptors (Lipinski definition) is 3. The van der Waals surface area contributed by atoms with E-state index in [-0.39, 0.29) is 18.1 Å². The zero-order valence-corrected chi connectivity index (χ0v) is 15.3. The van der Waals surface area contributed by atoms with Gasteiger partial charge in [-0.2, -0.15) is 5.10 Å². The minimum atomic E-state index is 0.00253. The van der Waals surface area contributed by atoms with Gasteiger partial charge in [0.15, 0.2) is 0 Å². The van der Waals surface area contributed by atoms with Gasteiger partial charge in [-0.25, -0.2) is 4.79 Å². The number of carbonyl (C=O) groups excluding carboxylic acids is 1. The SMILES string of the molecule is CCCC[C@H](NC(=O)N1CC(n2nc(C)cc2C)C1)c1cccnc1. The number of hydrogen-bond donors (Lipinski definition) is 1. The molecule has 6 heteroatoms. The molecule has 2 aromatic rings. The third kappa shape index (κ3) is 4.00. The third-order valence-corrected chi connectivity index (χ3v) is 4.77. The predicted octanol–water partition coefficient (Wildman–Crippen LogP) is 3.39. The van der Waals surface area contributed by atoms with E-state index in [0.717, 1.165) is 36.2 Å². The van der Waals surface area contributed by atoms with Gasteiger partial charge >= 0.3 is 6.03 Å². The highest BCUT2D eigenvalue weighted by Gasteiger charge is 2.34. The first-order valence-corrected chi connectivity index (χ1v) is 9.06. The van der Waals surface area contributed by atoms with Gasteiger partial charge in [0, 0.05) is 31.2 Å². The molecule has 2 amide bonds. The van der Waals surface area contributed by atoms with E-state index in [4.69, 9.17) is 0 Å². The van der Waals surface area contributed by atoms with Crippen LogP contribution < -0.4 is 5.32 Å². The zero-order chi connectivity index (χ0) is 17.8. The first kappa shape index (κ1) is 17.5. The van der Waals surface area contributed by atoms with Crippen LogP contribution in [0.2, 0.25) is 0 Å². The third-order valence-electron chi connectivity index (χ3n) is 4.77. The quantitative estimate of drug-likeness (QED) is 0.876. The monoisotopic (exact) mass is 341 g/mol. The molecule has 3 heterocycles. The van der Waals surface area contributed by atoms with Crippen LogP contribution in [0.3, 0.4) is 0 Å². The van der Waals surface area contributed by atoms with Crippen molar-refractivity contribution >= 4 is 6.03 Å². The minimum absolute atomic E-state index is 0.00253. The molecule has 2 aromatic heterocycles. The lowest BCUT2D eigenvalue weighted by Crippen LogP contribution is -2.55. The highest BCUT2D eigenvalue weighted by molar-refractivity contribution is 5.75. The molecule has 0 bridgehead atoms. The van der Waals surface area contributed by atoms with Crippen molar-refractivity contribution in [3.8, 4) is 0 Å². The van der Waals surface area contributed by atoms with Gasteiger partial charge in [-0.15, -0.1) is 0 Å². The number of rotatable bonds is 6. The van der Waals surface area contributed by atoms with Crippen LogP contribution >= 0.6 is 0 Å². The average molecular weight is 341 g/mol. The fourth-order valence-corrected chi connectivity index (χ4v) is 3.34. The molecular formula is C19H27N5O. The number of aryl methyl sites for hydroxylation is 2. The Morgan fingerprint density at radius 2 is 2.20 bits per heavy atom. The van der Waals surface area contributed by atoms with E-state index in [0.29, 0.717) is 13.1 Å². The van der Waals surface area contributed by atoms with E-state index < -0.39 is 0 Å². The fourth-order valence-electron chi connectivity index (χ4n) is 3.34. The van der Waals surface area contributed by atoms with Gasteiger partial charge in [0.1, 0.15) is 0 Å². The summed E-state index contributed by atoms with van der Waals surface area (Å²) >= 11 is 0. The Bertz CT molecular complexity index is 706. The summed E-state index contributed by atoms with van der Waals surface area (Å²) in [6.07, 6.45) is 6.72. The van der Waals surface area contributed by atoms with E-state index >= 15 is 0 Å². The second-order valence-electron chi connectivity index (χ2n) is 6.86. The average Bonchev–Trinajstić information content (AvgIpc) is 2.89. The molecule has 6 nitrogen and oxygen atoms in total. The molecule has 1 N–H and O–H groups in total. The van der Waals surface area contributed by atoms with Crippen molar-refractivity contribution < 1.29 is 4.79 Å². The smallest absolute Gasteiger partial charge is 0.318 e. The molecule has 25 heavy (non-hydrogen) atoms. The summed E-state index contributed by atoms with van der Waals surface area (Å²) in [6.45, 7) is 7.64. The number of urea groups is 1. The van der Waals surface area contributed by atoms with Crippen molar-refractivity contribution in [3.05, 3.63) is 47.5 Å². The number of carbonyl (C=O) groups is 1. The molecule has 1 aliphatic rings. The topological polar surface area (TPSA) is 63.1 Å². The molecule has 0 unspecified atom stereocenters. The number of amides is 2. The Kier molecular flexibility index (Phi) is 5.36. The van der Waals surface area contributed by atoms with Crippen molar-refractivity contribution in [1.29, 1.82) is 0 Å². The number of likely N-dealkylation sites (tertiary alicyclic amines) is 1. The van der Waals surface area contributed by atoms with Gasteiger partial charge in [-0.1, -0.05) is 25.8 Å². The van der Waals surface area contributed by atoms with Crippen molar-refractivity contribution in [2.24, 2.45) is 0 Å². The molecule has 134 valence electrons. The second kappa shape index (κ2) is 7.68. The molecule has 0 aliphatic carbocycles. The van der Waals surface area contributed by atoms with Crippen molar-refractivity contribution in [1.82, 2.24) is 25.0 Å². The maximum Gasteiger partial charge on any atom is 0.318 e. The molecule has 0 radical (unpaired) electrons. The molecule has 1 fully saturated rings. The van der Waals surface area contributed by atoms with E-state index in [1.807, 2.05) is 34.8 Å². The van der Waals surface area contributed by atoms with Crippen LogP contribution in [0, 0.1) is 13.8 Å². The molecule has 1 saturated heterocycles. The number of aromatic nitrogens is 3. The maximum absolute atomic E-state index is 12.6. The Labute approximate surface area is 149 Å². The Balaban J connectivity index is 1.58. The van der Waals surface area contributed by atoms with E-state index in [1.54, 1.807) is 6.20 Å². The van der Waals surface area contributed by atoms with Crippen LogP contribution in [-0.2, 0) is 0 Å². The molecule has 1 atom stereocenters. The van der Waals surface area contributed by atoms with Gasteiger partial charge in [-0.3, -0.25) is 9.67 Å². The number of nitrogens with zero attached hydrogens (tertiary/aromatic N) is 4. The molecule has 1 aliphatic heterocycles. The molecule has 0 spiro atoms. The molecule has 0 saturated carbocycles. The molecular weight excluding hydrogens is 314 g/mol. The Hall–Kier alpha value is -2.37. The summed E-state index contributed by atoms with van der Waals surface area (Å²) in [5.41, 5.74) is 3.25. The lowest BCUT2D eigenvalue weighted by Gasteiger charge is -2.40. The van der Waals surface area contributed by atoms with Gasteiger partial charge in [0.05, 0.1) is 17.8 Å². The second-order valence-corrected chi connectivity index (χ2v) is 6.86. The lowest BCUT2D eigenvalue weighted by molar-refractivity contribution is 0.114. The highest BCUT2D eigenvalue weighted by Crippen LogP contribution is 2.24. The number of unbranched alkanes of at least 4 members (excludes halogenated alkanes) is 1. The van der Waals surface area contributed by atoms with E-state index in [1.165, 1.54) is 0 Å². The van der Waals surface area contributed by atoms with Crippen LogP contribution in [0.5, 0.6) is 0 Å². The van der Waals surface area contributed by atoms with Crippen LogP contribution in [0.25, 0.3) is 0 Å². The van der Waals surface area contributed by atoms with Crippen molar-refractivity contribution in [2.45, 2.75) is 52.1 Å². The number of pyridine rings is 1. The first-order chi connectivity index (χ1) is 12.1. The minimum Gasteiger partial charge on any atom is -0.331 e. The summed E-state index contributed by atoms with van der Waals surface area (Å²) in [5, 5.41) is 7.70. The molecule has 3 rings (SSSR count). The normalized spacial score (nSPS) is 15.7. The largest absolute Gasteiger partial charge is 0.331 e. The fraction of sp³-hybridized carbons (Fsp3) is 0.526. The Morgan fingerprint density at radius 3 is 2.80 bits per heavy atom. The van der Waals surface area contributed by atoms with Crippen LogP contribution in [0.4, 0.5) is 4.79 Å². The van der Waals surface area contributed by atoms with Gasteiger partial charge in [0.25, 0.3) is 0 Å². The van der Waals surface area contributed by atoms with Crippen molar-refractivity contribution in [3.63, 3.8) is 0 Å². The van der Waals surface area contributed by atoms with Crippen molar-refractivity contribution in [2.75, 3.05) is 13.1 Å². The summed E-state index contributed by atoms with van der Waals surface area (Å²) in [6, 6.07) is 6.33. The lowest BCUT2D eigenvalue weighted by atomic mass is 10.0. The van der Waals surface area contributed by atoms with E-state index in [9.17, 15) is 4.79 Å². The summed E-state index contributed by atoms with van der Waals surface area (Å²) in [7, 11) is 0. The standard InChI is InChI=1S/C19H27N5O/c1-4-5-8-18(16-7-6-9-20-11-16)21-19(25)23-12-17(13-23)24-15(3)10-14(2)22-24/h6-7,9-11,17-18H,4-5,8,12-13H2,1-3H3,(H,21,25)/t18-/m0/s1. The van der Waals surface area contributed by atoms with E-state index in [2.05, 4.69) is 35.3 Å². The maximum atomic E-state index is 12.6. The predicted molar refractivity (Wildman–Crippen MR) is 97.3 cm³/mol. The summed E-state index contributed by atoms with van der Waals surface area (Å²) in [5.74, 6) is 0. The van der Waals surface area contributed by atoms with Crippen LogP contribution in [0.15, 0.2) is 30.6 Å².